The highest BCUT2D eigenvalue weighted by Gasteiger charge is 2.01. The summed E-state index contributed by atoms with van der Waals surface area (Å²) in [4.78, 5) is 10.4. The molecule has 0 saturated heterocycles. The zero-order chi connectivity index (χ0) is 20.0. The number of carbonyl (C=O) groups is 1. The number of hydrogen-bond donors (Lipinski definition) is 2. The lowest BCUT2D eigenvalue weighted by atomic mass is 10.0. The number of allylic oxidation sites excluding steroid dienone is 3. The van der Waals surface area contributed by atoms with Gasteiger partial charge >= 0.3 is 5.97 Å². The van der Waals surface area contributed by atoms with Crippen LogP contribution in [-0.2, 0) is 4.79 Å². The first-order valence-corrected chi connectivity index (χ1v) is 11.4. The molecule has 0 aliphatic carbocycles. The Kier molecular flexibility index (Phi) is 20.4. The highest BCUT2D eigenvalue weighted by Crippen LogP contribution is 2.13. The summed E-state index contributed by atoms with van der Waals surface area (Å²) in [5.74, 6) is -0.672. The number of hydrogen-bond acceptors (Lipinski definition) is 2. The molecule has 0 fully saturated rings. The van der Waals surface area contributed by atoms with Crippen molar-refractivity contribution in [1.29, 1.82) is 0 Å². The first kappa shape index (κ1) is 25.9. The van der Waals surface area contributed by atoms with Crippen molar-refractivity contribution < 1.29 is 15.0 Å². The van der Waals surface area contributed by atoms with Crippen LogP contribution in [0.25, 0.3) is 0 Å². The Balaban J connectivity index is 3.25. The number of aliphatic hydroxyl groups excluding tert-OH is 1. The molecule has 2 N–H and O–H groups in total. The van der Waals surface area contributed by atoms with E-state index < -0.39 is 5.97 Å². The van der Waals surface area contributed by atoms with Crippen molar-refractivity contribution in [2.45, 2.75) is 122 Å². The molecule has 0 heterocycles. The third-order valence-electron chi connectivity index (χ3n) is 4.90. The molecular formula is C24H44O3. The van der Waals surface area contributed by atoms with Crippen LogP contribution in [0, 0.1) is 0 Å². The summed E-state index contributed by atoms with van der Waals surface area (Å²) < 4.78 is 0. The molecule has 0 rings (SSSR count). The quantitative estimate of drug-likeness (QED) is 0.173. The number of unbranched alkanes of at least 4 members (excludes halogenated alkanes) is 11. The van der Waals surface area contributed by atoms with Crippen LogP contribution >= 0.6 is 0 Å². The normalized spacial score (nSPS) is 13.0. The van der Waals surface area contributed by atoms with E-state index in [2.05, 4.69) is 31.2 Å². The largest absolute Gasteiger partial charge is 0.481 e. The van der Waals surface area contributed by atoms with Crippen LogP contribution in [-0.4, -0.2) is 22.3 Å². The van der Waals surface area contributed by atoms with Gasteiger partial charge in [-0.3, -0.25) is 4.79 Å². The Morgan fingerprint density at radius 3 is 1.85 bits per heavy atom. The van der Waals surface area contributed by atoms with Gasteiger partial charge in [0.05, 0.1) is 6.10 Å². The van der Waals surface area contributed by atoms with E-state index in [0.29, 0.717) is 6.42 Å². The lowest BCUT2D eigenvalue weighted by Gasteiger charge is -2.07. The minimum atomic E-state index is -0.672. The molecule has 27 heavy (non-hydrogen) atoms. The van der Waals surface area contributed by atoms with E-state index in [1.54, 1.807) is 0 Å². The van der Waals surface area contributed by atoms with E-state index in [-0.39, 0.29) is 6.10 Å². The van der Waals surface area contributed by atoms with Gasteiger partial charge in [0.15, 0.2) is 0 Å². The maximum Gasteiger partial charge on any atom is 0.303 e. The van der Waals surface area contributed by atoms with Gasteiger partial charge in [-0.2, -0.15) is 0 Å². The summed E-state index contributed by atoms with van der Waals surface area (Å²) in [5, 5.41) is 18.5. The minimum absolute atomic E-state index is 0.179. The van der Waals surface area contributed by atoms with Crippen molar-refractivity contribution >= 4 is 5.97 Å². The topological polar surface area (TPSA) is 57.5 Å². The van der Waals surface area contributed by atoms with Gasteiger partial charge in [0.1, 0.15) is 0 Å². The predicted octanol–water partition coefficient (Wildman–Crippen LogP) is 7.20. The second-order valence-electron chi connectivity index (χ2n) is 7.68. The average Bonchev–Trinajstić information content (AvgIpc) is 2.64. The fourth-order valence-electron chi connectivity index (χ4n) is 3.17. The van der Waals surface area contributed by atoms with Gasteiger partial charge in [0.25, 0.3) is 0 Å². The smallest absolute Gasteiger partial charge is 0.303 e. The molecule has 0 bridgehead atoms. The van der Waals surface area contributed by atoms with E-state index in [9.17, 15) is 9.90 Å². The maximum atomic E-state index is 10.4. The number of aliphatic hydroxyl groups is 1. The van der Waals surface area contributed by atoms with E-state index in [4.69, 9.17) is 5.11 Å². The van der Waals surface area contributed by atoms with Gasteiger partial charge in [-0.25, -0.2) is 0 Å². The first-order valence-electron chi connectivity index (χ1n) is 11.4. The van der Waals surface area contributed by atoms with Crippen molar-refractivity contribution in [2.75, 3.05) is 0 Å². The molecule has 0 aliphatic rings. The molecule has 158 valence electrons. The molecule has 0 aromatic carbocycles. The van der Waals surface area contributed by atoms with Crippen molar-refractivity contribution in [1.82, 2.24) is 0 Å². The molecule has 0 amide bonds. The highest BCUT2D eigenvalue weighted by atomic mass is 16.4. The number of rotatable bonds is 20. The summed E-state index contributed by atoms with van der Waals surface area (Å²) in [6, 6.07) is 0. The van der Waals surface area contributed by atoms with Crippen LogP contribution in [0.1, 0.15) is 116 Å². The number of carboxylic acids is 1. The van der Waals surface area contributed by atoms with Crippen LogP contribution < -0.4 is 0 Å². The van der Waals surface area contributed by atoms with Crippen LogP contribution in [0.4, 0.5) is 0 Å². The molecule has 1 unspecified atom stereocenters. The summed E-state index contributed by atoms with van der Waals surface area (Å²) in [6.45, 7) is 2.19. The average molecular weight is 381 g/mol. The van der Waals surface area contributed by atoms with Gasteiger partial charge in [-0.1, -0.05) is 102 Å². The van der Waals surface area contributed by atoms with Crippen LogP contribution in [0.5, 0.6) is 0 Å². The fourth-order valence-corrected chi connectivity index (χ4v) is 3.17. The lowest BCUT2D eigenvalue weighted by Crippen LogP contribution is -2.04. The molecule has 1 atom stereocenters. The van der Waals surface area contributed by atoms with Crippen molar-refractivity contribution in [2.24, 2.45) is 0 Å². The molecule has 0 aromatic heterocycles. The SMILES string of the molecule is CCCC=CCC=CCC(O)CCCCCCCCCCCCCC(=O)O. The van der Waals surface area contributed by atoms with E-state index >= 15 is 0 Å². The molecular weight excluding hydrogens is 336 g/mol. The predicted molar refractivity (Wildman–Crippen MR) is 116 cm³/mol. The summed E-state index contributed by atoms with van der Waals surface area (Å²) in [7, 11) is 0. The molecule has 0 aromatic rings. The molecule has 0 radical (unpaired) electrons. The van der Waals surface area contributed by atoms with Gasteiger partial charge in [0, 0.05) is 6.42 Å². The second kappa shape index (κ2) is 21.2. The van der Waals surface area contributed by atoms with Crippen molar-refractivity contribution in [3.05, 3.63) is 24.3 Å². The van der Waals surface area contributed by atoms with E-state index in [1.165, 1.54) is 57.8 Å². The lowest BCUT2D eigenvalue weighted by molar-refractivity contribution is -0.137. The van der Waals surface area contributed by atoms with Crippen LogP contribution in [0.15, 0.2) is 24.3 Å². The minimum Gasteiger partial charge on any atom is -0.481 e. The van der Waals surface area contributed by atoms with Crippen molar-refractivity contribution in [3.63, 3.8) is 0 Å². The molecule has 0 spiro atoms. The second-order valence-corrected chi connectivity index (χ2v) is 7.68. The fraction of sp³-hybridized carbons (Fsp3) is 0.792. The zero-order valence-electron chi connectivity index (χ0n) is 17.7. The first-order chi connectivity index (χ1) is 13.2. The molecule has 3 nitrogen and oxygen atoms in total. The van der Waals surface area contributed by atoms with Gasteiger partial charge < -0.3 is 10.2 Å². The molecule has 0 saturated carbocycles. The molecule has 0 aliphatic heterocycles. The summed E-state index contributed by atoms with van der Waals surface area (Å²) in [5.41, 5.74) is 0. The van der Waals surface area contributed by atoms with E-state index in [0.717, 1.165) is 44.9 Å². The third kappa shape index (κ3) is 22.9. The van der Waals surface area contributed by atoms with E-state index in [1.807, 2.05) is 0 Å². The van der Waals surface area contributed by atoms with Gasteiger partial charge in [-0.05, 0) is 32.1 Å². The molecule has 3 heteroatoms. The number of aliphatic carboxylic acids is 1. The summed E-state index contributed by atoms with van der Waals surface area (Å²) >= 11 is 0. The Labute approximate surface area is 168 Å². The Hall–Kier alpha value is -1.09. The Morgan fingerprint density at radius 1 is 0.778 bits per heavy atom. The zero-order valence-corrected chi connectivity index (χ0v) is 17.7. The summed E-state index contributed by atoms with van der Waals surface area (Å²) in [6.07, 6.45) is 27.0. The van der Waals surface area contributed by atoms with Crippen LogP contribution in [0.3, 0.4) is 0 Å². The van der Waals surface area contributed by atoms with Gasteiger partial charge in [0.2, 0.25) is 0 Å². The third-order valence-corrected chi connectivity index (χ3v) is 4.90. The monoisotopic (exact) mass is 380 g/mol. The number of carboxylic acid groups (broad SMARTS) is 1. The standard InChI is InChI=1S/C24H44O3/c1-2-3-4-5-11-14-17-20-23(25)21-18-15-12-9-7-6-8-10-13-16-19-22-24(26)27/h4-5,14,17,23,25H,2-3,6-13,15-16,18-22H2,1H3,(H,26,27). The Morgan fingerprint density at radius 2 is 1.30 bits per heavy atom. The highest BCUT2D eigenvalue weighted by molar-refractivity contribution is 5.66. The Bertz CT molecular complexity index is 374. The maximum absolute atomic E-state index is 10.4. The van der Waals surface area contributed by atoms with Crippen molar-refractivity contribution in [3.8, 4) is 0 Å². The van der Waals surface area contributed by atoms with Gasteiger partial charge in [-0.15, -0.1) is 0 Å². The van der Waals surface area contributed by atoms with Crippen LogP contribution in [0.2, 0.25) is 0 Å².